The third-order valence-corrected chi connectivity index (χ3v) is 3.57. The van der Waals surface area contributed by atoms with E-state index in [2.05, 4.69) is 0 Å². The Morgan fingerprint density at radius 1 is 0.842 bits per heavy atom. The minimum absolute atomic E-state index is 0. The maximum absolute atomic E-state index is 10.6. The molecule has 0 unspecified atom stereocenters. The molecule has 0 aromatic heterocycles. The summed E-state index contributed by atoms with van der Waals surface area (Å²) >= 11 is 0. The fraction of sp³-hybridized carbons (Fsp3) is 1.00. The average molecular weight is 331 g/mol. The van der Waals surface area contributed by atoms with Gasteiger partial charge in [-0.15, -0.1) is 0 Å². The molecule has 0 amide bonds. The van der Waals surface area contributed by atoms with Gasteiger partial charge in [-0.25, -0.2) is 0 Å². The van der Waals surface area contributed by atoms with Crippen molar-refractivity contribution in [3.63, 3.8) is 0 Å². The molecule has 0 fully saturated rings. The molecule has 0 aromatic carbocycles. The van der Waals surface area contributed by atoms with E-state index in [0.717, 1.165) is 24.2 Å². The standard InChI is InChI=1S/C8H21NO6P2.2Na/c1-2-3-4-5-6-9(7-16(10,11)12)8-17(13,14)15;;/h2-8H2,1H3,(H2,10,11,12)(H2,13,14,15);;/q;2*+1/p-4. The Morgan fingerprint density at radius 2 is 1.26 bits per heavy atom. The van der Waals surface area contributed by atoms with Gasteiger partial charge in [-0.2, -0.15) is 0 Å². The molecule has 0 saturated carbocycles. The van der Waals surface area contributed by atoms with E-state index in [0.29, 0.717) is 6.42 Å². The second kappa shape index (κ2) is 12.8. The van der Waals surface area contributed by atoms with Crippen molar-refractivity contribution in [2.75, 3.05) is 19.1 Å². The zero-order chi connectivity index (χ0) is 13.5. The van der Waals surface area contributed by atoms with Crippen LogP contribution in [0.1, 0.15) is 32.6 Å². The Hall–Kier alpha value is 2.26. The first-order valence-corrected chi connectivity index (χ1v) is 8.84. The number of hydrogen-bond acceptors (Lipinski definition) is 7. The van der Waals surface area contributed by atoms with E-state index in [-0.39, 0.29) is 65.7 Å². The number of hydrogen-bond donors (Lipinski definition) is 0. The second-order valence-electron chi connectivity index (χ2n) is 3.96. The normalized spacial score (nSPS) is 11.9. The molecular formula is C8H17NNa2O6P2-2. The van der Waals surface area contributed by atoms with Crippen molar-refractivity contribution in [1.82, 2.24) is 4.90 Å². The van der Waals surface area contributed by atoms with Crippen molar-refractivity contribution in [3.05, 3.63) is 0 Å². The quantitative estimate of drug-likeness (QED) is 0.233. The van der Waals surface area contributed by atoms with Gasteiger partial charge in [0.2, 0.25) is 0 Å². The molecule has 0 aliphatic rings. The van der Waals surface area contributed by atoms with Gasteiger partial charge in [-0.3, -0.25) is 4.90 Å². The zero-order valence-electron chi connectivity index (χ0n) is 11.7. The van der Waals surface area contributed by atoms with Crippen LogP contribution in [-0.4, -0.2) is 24.0 Å². The van der Waals surface area contributed by atoms with E-state index >= 15 is 0 Å². The van der Waals surface area contributed by atoms with Crippen molar-refractivity contribution >= 4 is 15.2 Å². The summed E-state index contributed by atoms with van der Waals surface area (Å²) in [5.41, 5.74) is 0. The van der Waals surface area contributed by atoms with Crippen molar-refractivity contribution < 1.29 is 87.8 Å². The second-order valence-corrected chi connectivity index (χ2v) is 6.97. The van der Waals surface area contributed by atoms with Gasteiger partial charge in [0.1, 0.15) is 0 Å². The van der Waals surface area contributed by atoms with Gasteiger partial charge < -0.3 is 28.7 Å². The maximum atomic E-state index is 10.6. The van der Waals surface area contributed by atoms with Crippen LogP contribution in [0, 0.1) is 0 Å². The van der Waals surface area contributed by atoms with Crippen LogP contribution in [0.5, 0.6) is 0 Å². The molecular weight excluding hydrogens is 314 g/mol. The van der Waals surface area contributed by atoms with Crippen LogP contribution in [-0.2, 0) is 9.13 Å². The Morgan fingerprint density at radius 3 is 1.58 bits per heavy atom. The van der Waals surface area contributed by atoms with E-state index in [4.69, 9.17) is 0 Å². The first-order chi connectivity index (χ1) is 7.64. The molecule has 0 rings (SSSR count). The smallest absolute Gasteiger partial charge is 0.810 e. The van der Waals surface area contributed by atoms with Crippen LogP contribution in [0.2, 0.25) is 0 Å². The summed E-state index contributed by atoms with van der Waals surface area (Å²) < 4.78 is 21.1. The molecule has 0 saturated heterocycles. The Labute approximate surface area is 158 Å². The number of nitrogens with zero attached hydrogens (tertiary/aromatic N) is 1. The van der Waals surface area contributed by atoms with E-state index in [1.165, 1.54) is 0 Å². The van der Waals surface area contributed by atoms with Crippen LogP contribution in [0.15, 0.2) is 0 Å². The topological polar surface area (TPSA) is 130 Å². The molecule has 0 radical (unpaired) electrons. The molecule has 0 atom stereocenters. The largest absolute Gasteiger partial charge is 1.00 e. The number of unbranched alkanes of at least 4 members (excludes halogenated alkanes) is 3. The Balaban J connectivity index is -0.00000128. The zero-order valence-corrected chi connectivity index (χ0v) is 17.5. The molecule has 0 aromatic rings. The Bertz CT molecular complexity index is 284. The molecule has 104 valence electrons. The third kappa shape index (κ3) is 20.3. The molecule has 0 N–H and O–H groups in total. The van der Waals surface area contributed by atoms with Crippen molar-refractivity contribution in [1.29, 1.82) is 0 Å². The monoisotopic (exact) mass is 331 g/mol. The summed E-state index contributed by atoms with van der Waals surface area (Å²) in [6, 6.07) is 0. The van der Waals surface area contributed by atoms with Gasteiger partial charge >= 0.3 is 59.1 Å². The Kier molecular flexibility index (Phi) is 17.6. The van der Waals surface area contributed by atoms with Crippen LogP contribution >= 0.6 is 15.2 Å². The SMILES string of the molecule is CCCCCCN(CP(=O)([O-])[O-])CP(=O)([O-])[O-].[Na+].[Na+]. The van der Waals surface area contributed by atoms with Gasteiger partial charge in [-0.05, 0) is 13.0 Å². The minimum atomic E-state index is -4.84. The maximum Gasteiger partial charge on any atom is 1.00 e. The van der Waals surface area contributed by atoms with Crippen molar-refractivity contribution in [2.24, 2.45) is 0 Å². The van der Waals surface area contributed by atoms with E-state index in [1.807, 2.05) is 6.92 Å². The van der Waals surface area contributed by atoms with Crippen LogP contribution in [0.3, 0.4) is 0 Å². The molecule has 19 heavy (non-hydrogen) atoms. The van der Waals surface area contributed by atoms with E-state index < -0.39 is 27.8 Å². The van der Waals surface area contributed by atoms with Crippen LogP contribution in [0.25, 0.3) is 0 Å². The first kappa shape index (κ1) is 26.2. The predicted octanol–water partition coefficient (Wildman–Crippen LogP) is -7.38. The molecule has 0 bridgehead atoms. The fourth-order valence-corrected chi connectivity index (χ4v) is 3.06. The van der Waals surface area contributed by atoms with Crippen molar-refractivity contribution in [2.45, 2.75) is 32.6 Å². The third-order valence-electron chi connectivity index (χ3n) is 2.07. The fourth-order valence-electron chi connectivity index (χ4n) is 1.44. The van der Waals surface area contributed by atoms with Crippen molar-refractivity contribution in [3.8, 4) is 0 Å². The van der Waals surface area contributed by atoms with E-state index in [1.54, 1.807) is 0 Å². The predicted molar refractivity (Wildman–Crippen MR) is 55.8 cm³/mol. The minimum Gasteiger partial charge on any atom is -0.810 e. The molecule has 0 spiro atoms. The van der Waals surface area contributed by atoms with Crippen LogP contribution in [0.4, 0.5) is 0 Å². The molecule has 0 aliphatic carbocycles. The summed E-state index contributed by atoms with van der Waals surface area (Å²) in [4.78, 5) is 43.1. The summed E-state index contributed by atoms with van der Waals surface area (Å²) in [5, 5.41) is 0. The van der Waals surface area contributed by atoms with Gasteiger partial charge in [0.25, 0.3) is 0 Å². The number of rotatable bonds is 9. The van der Waals surface area contributed by atoms with Gasteiger partial charge in [0.15, 0.2) is 0 Å². The van der Waals surface area contributed by atoms with E-state index in [9.17, 15) is 28.7 Å². The van der Waals surface area contributed by atoms with Gasteiger partial charge in [0, 0.05) is 12.6 Å². The van der Waals surface area contributed by atoms with Gasteiger partial charge in [-0.1, -0.05) is 41.4 Å². The summed E-state index contributed by atoms with van der Waals surface area (Å²) in [6.45, 7) is 2.12. The summed E-state index contributed by atoms with van der Waals surface area (Å²) in [6.07, 6.45) is 1.46. The van der Waals surface area contributed by atoms with Crippen LogP contribution < -0.4 is 78.7 Å². The molecule has 0 heterocycles. The molecule has 0 aliphatic heterocycles. The average Bonchev–Trinajstić information content (AvgIpc) is 2.06. The molecule has 7 nitrogen and oxygen atoms in total. The first-order valence-electron chi connectivity index (χ1n) is 5.38. The van der Waals surface area contributed by atoms with Gasteiger partial charge in [0.05, 0.1) is 0 Å². The summed E-state index contributed by atoms with van der Waals surface area (Å²) in [7, 11) is -9.67. The summed E-state index contributed by atoms with van der Waals surface area (Å²) in [5.74, 6) is 0. The molecule has 11 heteroatoms.